The third-order valence-electron chi connectivity index (χ3n) is 10.1. The number of aromatic nitrogens is 2. The Morgan fingerprint density at radius 3 is 1.88 bits per heavy atom. The van der Waals surface area contributed by atoms with E-state index in [9.17, 15) is 0 Å². The number of para-hydroxylation sites is 2. The Kier molecular flexibility index (Phi) is 6.34. The van der Waals surface area contributed by atoms with Crippen LogP contribution in [0.2, 0.25) is 0 Å². The second-order valence-corrected chi connectivity index (χ2v) is 13.0. The molecule has 7 aromatic rings. The Balaban J connectivity index is 1.34. The first kappa shape index (κ1) is 28.2. The Morgan fingerprint density at radius 1 is 0.521 bits per heavy atom. The summed E-state index contributed by atoms with van der Waals surface area (Å²) in [4.78, 5) is 12.1. The molecule has 0 saturated carbocycles. The molecular formula is C44H33N3O. The largest absolute Gasteiger partial charge is 0.453 e. The second kappa shape index (κ2) is 10.8. The molecule has 0 bridgehead atoms. The van der Waals surface area contributed by atoms with Crippen LogP contribution < -0.4 is 9.64 Å². The Morgan fingerprint density at radius 2 is 1.17 bits per heavy atom. The molecule has 4 heteroatoms. The number of pyridine rings is 2. The van der Waals surface area contributed by atoms with Crippen molar-refractivity contribution in [3.05, 3.63) is 198 Å². The summed E-state index contributed by atoms with van der Waals surface area (Å²) in [5.74, 6) is 1.62. The van der Waals surface area contributed by atoms with E-state index in [1.807, 2.05) is 42.7 Å². The van der Waals surface area contributed by atoms with Crippen LogP contribution in [0.3, 0.4) is 0 Å². The molecule has 2 aliphatic rings. The van der Waals surface area contributed by atoms with Gasteiger partial charge in [0.2, 0.25) is 0 Å². The molecule has 4 nitrogen and oxygen atoms in total. The Labute approximate surface area is 281 Å². The van der Waals surface area contributed by atoms with Crippen molar-refractivity contribution in [1.29, 1.82) is 0 Å². The zero-order valence-electron chi connectivity index (χ0n) is 26.8. The number of hydrogen-bond donors (Lipinski definition) is 0. The minimum absolute atomic E-state index is 0.195. The molecule has 0 fully saturated rings. The van der Waals surface area contributed by atoms with Gasteiger partial charge in [0.15, 0.2) is 11.5 Å². The normalized spacial score (nSPS) is 14.9. The number of hydrogen-bond acceptors (Lipinski definition) is 4. The van der Waals surface area contributed by atoms with Crippen molar-refractivity contribution in [2.75, 3.05) is 4.90 Å². The van der Waals surface area contributed by atoms with Crippen LogP contribution in [0.25, 0.3) is 11.3 Å². The average Bonchev–Trinajstić information content (AvgIpc) is 3.15. The highest BCUT2D eigenvalue weighted by Gasteiger charge is 2.50. The van der Waals surface area contributed by atoms with E-state index in [0.717, 1.165) is 51.1 Å². The molecule has 9 rings (SSSR count). The third kappa shape index (κ3) is 4.09. The van der Waals surface area contributed by atoms with Crippen LogP contribution in [-0.2, 0) is 10.8 Å². The van der Waals surface area contributed by atoms with Crippen LogP contribution in [0, 0.1) is 0 Å². The second-order valence-electron chi connectivity index (χ2n) is 13.0. The standard InChI is InChI=1S/C44H33N3O/c1-43(2)33-16-3-5-18-35(33)44(42-23-10-12-27-46-42,36-19-6-4-17-34(36)43)31-24-25-41-39(29-31)47(38-21-7-8-22-40(38)48-41)32-15-13-14-30(28-32)37-20-9-11-26-45-37/h3-29H,1-2H3. The van der Waals surface area contributed by atoms with Crippen LogP contribution in [0.15, 0.2) is 164 Å². The highest BCUT2D eigenvalue weighted by molar-refractivity contribution is 5.88. The summed E-state index contributed by atoms with van der Waals surface area (Å²) in [6, 6.07) is 53.6. The maximum absolute atomic E-state index is 6.63. The quantitative estimate of drug-likeness (QED) is 0.196. The van der Waals surface area contributed by atoms with Gasteiger partial charge < -0.3 is 9.64 Å². The van der Waals surface area contributed by atoms with Gasteiger partial charge >= 0.3 is 0 Å². The van der Waals surface area contributed by atoms with Crippen LogP contribution in [0.5, 0.6) is 11.5 Å². The summed E-state index contributed by atoms with van der Waals surface area (Å²) < 4.78 is 6.63. The van der Waals surface area contributed by atoms with Crippen LogP contribution in [-0.4, -0.2) is 9.97 Å². The maximum atomic E-state index is 6.63. The zero-order chi connectivity index (χ0) is 32.3. The summed E-state index contributed by atoms with van der Waals surface area (Å²) in [5, 5.41) is 0. The molecule has 0 N–H and O–H groups in total. The van der Waals surface area contributed by atoms with Crippen molar-refractivity contribution >= 4 is 17.1 Å². The van der Waals surface area contributed by atoms with E-state index in [0.29, 0.717) is 0 Å². The Bertz CT molecular complexity index is 2260. The fraction of sp³-hybridized carbons (Fsp3) is 0.0909. The molecule has 0 amide bonds. The zero-order valence-corrected chi connectivity index (χ0v) is 26.8. The fourth-order valence-electron chi connectivity index (χ4n) is 7.92. The van der Waals surface area contributed by atoms with Crippen LogP contribution >= 0.6 is 0 Å². The monoisotopic (exact) mass is 619 g/mol. The van der Waals surface area contributed by atoms with Gasteiger partial charge in [0.1, 0.15) is 0 Å². The van der Waals surface area contributed by atoms with Crippen molar-refractivity contribution < 1.29 is 4.74 Å². The maximum Gasteiger partial charge on any atom is 0.151 e. The molecule has 0 unspecified atom stereocenters. The average molecular weight is 620 g/mol. The molecule has 0 atom stereocenters. The van der Waals surface area contributed by atoms with Crippen molar-refractivity contribution in [1.82, 2.24) is 9.97 Å². The van der Waals surface area contributed by atoms with Gasteiger partial charge in [-0.1, -0.05) is 105 Å². The topological polar surface area (TPSA) is 38.2 Å². The molecule has 3 heterocycles. The lowest BCUT2D eigenvalue weighted by molar-refractivity contribution is 0.476. The molecule has 48 heavy (non-hydrogen) atoms. The smallest absolute Gasteiger partial charge is 0.151 e. The van der Waals surface area contributed by atoms with Gasteiger partial charge in [0, 0.05) is 29.1 Å². The molecule has 5 aromatic carbocycles. The highest BCUT2D eigenvalue weighted by atomic mass is 16.5. The van der Waals surface area contributed by atoms with Gasteiger partial charge in [-0.05, 0) is 88.5 Å². The molecule has 1 aliphatic heterocycles. The fourth-order valence-corrected chi connectivity index (χ4v) is 7.92. The molecule has 0 saturated heterocycles. The number of benzene rings is 5. The van der Waals surface area contributed by atoms with E-state index in [4.69, 9.17) is 9.72 Å². The molecule has 1 aliphatic carbocycles. The summed E-state index contributed by atoms with van der Waals surface area (Å²) in [5.41, 5.74) is 11.3. The van der Waals surface area contributed by atoms with Gasteiger partial charge in [-0.2, -0.15) is 0 Å². The molecule has 2 aromatic heterocycles. The van der Waals surface area contributed by atoms with Crippen molar-refractivity contribution in [3.8, 4) is 22.8 Å². The molecule has 230 valence electrons. The predicted octanol–water partition coefficient (Wildman–Crippen LogP) is 10.7. The molecular weight excluding hydrogens is 587 g/mol. The van der Waals surface area contributed by atoms with E-state index >= 15 is 0 Å². The van der Waals surface area contributed by atoms with E-state index in [1.54, 1.807) is 0 Å². The summed E-state index contributed by atoms with van der Waals surface area (Å²) in [6.45, 7) is 4.67. The minimum Gasteiger partial charge on any atom is -0.453 e. The first-order chi connectivity index (χ1) is 23.6. The summed E-state index contributed by atoms with van der Waals surface area (Å²) >= 11 is 0. The Hall–Kier alpha value is -6.00. The first-order valence-electron chi connectivity index (χ1n) is 16.4. The van der Waals surface area contributed by atoms with E-state index in [1.165, 1.54) is 22.3 Å². The lowest BCUT2D eigenvalue weighted by Crippen LogP contribution is -2.42. The molecule has 0 radical (unpaired) electrons. The van der Waals surface area contributed by atoms with Crippen molar-refractivity contribution in [3.63, 3.8) is 0 Å². The van der Waals surface area contributed by atoms with Gasteiger partial charge in [-0.15, -0.1) is 0 Å². The number of rotatable bonds is 4. The van der Waals surface area contributed by atoms with Gasteiger partial charge in [-0.3, -0.25) is 9.97 Å². The van der Waals surface area contributed by atoms with E-state index in [-0.39, 0.29) is 5.41 Å². The van der Waals surface area contributed by atoms with Crippen LogP contribution in [0.1, 0.15) is 47.4 Å². The van der Waals surface area contributed by atoms with E-state index in [2.05, 4.69) is 145 Å². The number of nitrogens with zero attached hydrogens (tertiary/aromatic N) is 3. The van der Waals surface area contributed by atoms with E-state index < -0.39 is 5.41 Å². The summed E-state index contributed by atoms with van der Waals surface area (Å²) in [6.07, 6.45) is 3.75. The molecule has 0 spiro atoms. The summed E-state index contributed by atoms with van der Waals surface area (Å²) in [7, 11) is 0. The van der Waals surface area contributed by atoms with Crippen LogP contribution in [0.4, 0.5) is 17.1 Å². The van der Waals surface area contributed by atoms with Gasteiger partial charge in [0.25, 0.3) is 0 Å². The highest BCUT2D eigenvalue weighted by Crippen LogP contribution is 2.58. The number of ether oxygens (including phenoxy) is 1. The van der Waals surface area contributed by atoms with Crippen molar-refractivity contribution in [2.24, 2.45) is 0 Å². The van der Waals surface area contributed by atoms with Gasteiger partial charge in [-0.25, -0.2) is 0 Å². The SMILES string of the molecule is CC1(C)c2ccccc2C(c2ccc3c(c2)N(c2cccc(-c4ccccn4)c2)c2ccccc2O3)(c2ccccn2)c2ccccc21. The lowest BCUT2D eigenvalue weighted by atomic mass is 9.55. The predicted molar refractivity (Wildman–Crippen MR) is 193 cm³/mol. The first-order valence-corrected chi connectivity index (χ1v) is 16.4. The third-order valence-corrected chi connectivity index (χ3v) is 10.1. The number of anilines is 3. The minimum atomic E-state index is -0.669. The number of fused-ring (bicyclic) bond motifs is 4. The lowest BCUT2D eigenvalue weighted by Gasteiger charge is -2.47. The van der Waals surface area contributed by atoms with Gasteiger partial charge in [0.05, 0.1) is 28.2 Å². The van der Waals surface area contributed by atoms with Crippen molar-refractivity contribution in [2.45, 2.75) is 24.7 Å².